The number of nitrogens with one attached hydrogen (secondary N) is 3. The summed E-state index contributed by atoms with van der Waals surface area (Å²) in [5.74, 6) is -1.80. The van der Waals surface area contributed by atoms with E-state index in [9.17, 15) is 23.9 Å². The maximum atomic E-state index is 14.8. The third kappa shape index (κ3) is 5.59. The van der Waals surface area contributed by atoms with Gasteiger partial charge in [-0.1, -0.05) is 0 Å². The second-order valence-corrected chi connectivity index (χ2v) is 9.96. The number of anilines is 2. The third-order valence-corrected chi connectivity index (χ3v) is 7.23. The second-order valence-electron chi connectivity index (χ2n) is 9.96. The number of H-pyrrole nitrogens is 1. The molecule has 0 radical (unpaired) electrons. The maximum Gasteiger partial charge on any atom is 0.256 e. The van der Waals surface area contributed by atoms with Crippen molar-refractivity contribution >= 4 is 40.7 Å². The number of fused-ring (bicyclic) bond motifs is 2. The summed E-state index contributed by atoms with van der Waals surface area (Å²) in [5.41, 5.74) is 3.46. The number of aromatic nitrogens is 1. The lowest BCUT2D eigenvalue weighted by atomic mass is 10.0. The smallest absolute Gasteiger partial charge is 0.256 e. The third-order valence-electron chi connectivity index (χ3n) is 7.23. The van der Waals surface area contributed by atoms with Gasteiger partial charge in [-0.15, -0.1) is 0 Å². The molecule has 11 nitrogen and oxygen atoms in total. The molecule has 39 heavy (non-hydrogen) atoms. The van der Waals surface area contributed by atoms with Crippen molar-refractivity contribution in [3.05, 3.63) is 46.0 Å². The van der Waals surface area contributed by atoms with Crippen LogP contribution < -0.4 is 10.6 Å². The zero-order valence-electron chi connectivity index (χ0n) is 21.9. The maximum absolute atomic E-state index is 14.8. The molecule has 1 aromatic heterocycles. The van der Waals surface area contributed by atoms with Crippen molar-refractivity contribution in [2.24, 2.45) is 0 Å². The van der Waals surface area contributed by atoms with Gasteiger partial charge in [0.15, 0.2) is 0 Å². The van der Waals surface area contributed by atoms with E-state index >= 15 is 0 Å². The summed E-state index contributed by atoms with van der Waals surface area (Å²) in [5, 5.41) is 15.8. The monoisotopic (exact) mass is 541 g/mol. The molecule has 1 atom stereocenters. The van der Waals surface area contributed by atoms with Crippen LogP contribution in [0.5, 0.6) is 0 Å². The Balaban J connectivity index is 1.34. The number of hydrogen-bond acceptors (Lipinski definition) is 7. The topological polar surface area (TPSA) is 136 Å². The number of amides is 3. The lowest BCUT2D eigenvalue weighted by molar-refractivity contribution is -0.119. The number of morpholine rings is 1. The first-order valence-corrected chi connectivity index (χ1v) is 12.9. The van der Waals surface area contributed by atoms with Gasteiger partial charge in [-0.05, 0) is 30.7 Å². The molecule has 1 fully saturated rings. The Kier molecular flexibility index (Phi) is 7.80. The fourth-order valence-electron chi connectivity index (χ4n) is 5.29. The van der Waals surface area contributed by atoms with Crippen molar-refractivity contribution in [2.75, 3.05) is 70.3 Å². The highest BCUT2D eigenvalue weighted by atomic mass is 19.1. The lowest BCUT2D eigenvalue weighted by Crippen LogP contribution is -2.47. The van der Waals surface area contributed by atoms with E-state index in [2.05, 4.69) is 20.5 Å². The number of halogens is 1. The van der Waals surface area contributed by atoms with Crippen LogP contribution in [0.2, 0.25) is 0 Å². The van der Waals surface area contributed by atoms with Crippen molar-refractivity contribution in [1.29, 1.82) is 0 Å². The molecule has 4 N–H and O–H groups in total. The summed E-state index contributed by atoms with van der Waals surface area (Å²) in [6.07, 6.45) is 1.52. The first-order valence-electron chi connectivity index (χ1n) is 12.9. The summed E-state index contributed by atoms with van der Waals surface area (Å²) in [6.45, 7) is 5.55. The van der Waals surface area contributed by atoms with Crippen LogP contribution in [0.3, 0.4) is 0 Å². The molecule has 12 heteroatoms. The van der Waals surface area contributed by atoms with Crippen molar-refractivity contribution in [1.82, 2.24) is 14.8 Å². The Labute approximate surface area is 224 Å². The molecule has 1 aromatic carbocycles. The van der Waals surface area contributed by atoms with Gasteiger partial charge in [0.05, 0.1) is 41.8 Å². The number of aliphatic hydroxyl groups is 1. The number of benzene rings is 1. The minimum Gasteiger partial charge on any atom is -0.390 e. The number of ether oxygens (including phenoxy) is 2. The predicted octanol–water partition coefficient (Wildman–Crippen LogP) is 1.23. The van der Waals surface area contributed by atoms with Gasteiger partial charge in [0.2, 0.25) is 5.91 Å². The molecule has 208 valence electrons. The fourth-order valence-corrected chi connectivity index (χ4v) is 5.29. The first-order chi connectivity index (χ1) is 18.7. The Morgan fingerprint density at radius 1 is 1.26 bits per heavy atom. The van der Waals surface area contributed by atoms with Gasteiger partial charge in [0, 0.05) is 63.2 Å². The summed E-state index contributed by atoms with van der Waals surface area (Å²) < 4.78 is 24.9. The number of carbonyl (C=O) groups excluding carboxylic acids is 3. The normalized spacial score (nSPS) is 19.2. The van der Waals surface area contributed by atoms with Crippen molar-refractivity contribution in [3.63, 3.8) is 0 Å². The summed E-state index contributed by atoms with van der Waals surface area (Å²) in [4.78, 5) is 45.0. The van der Waals surface area contributed by atoms with E-state index in [1.54, 1.807) is 17.9 Å². The fraction of sp³-hybridized carbons (Fsp3) is 0.444. The molecule has 3 aliphatic heterocycles. The molecule has 0 aliphatic carbocycles. The van der Waals surface area contributed by atoms with E-state index < -0.39 is 23.7 Å². The molecular weight excluding hydrogens is 509 g/mol. The van der Waals surface area contributed by atoms with Crippen LogP contribution in [0.15, 0.2) is 12.1 Å². The highest BCUT2D eigenvalue weighted by Crippen LogP contribution is 2.37. The number of aliphatic hydroxyl groups excluding tert-OH is 1. The van der Waals surface area contributed by atoms with Crippen LogP contribution in [0.25, 0.3) is 11.6 Å². The largest absolute Gasteiger partial charge is 0.390 e. The molecule has 0 spiro atoms. The number of β-amino-alcohol motifs (C(OH)–C–C–N with tert-alkyl or cyclic N) is 1. The van der Waals surface area contributed by atoms with Crippen LogP contribution in [0.1, 0.15) is 32.9 Å². The summed E-state index contributed by atoms with van der Waals surface area (Å²) in [6, 6.07) is 2.57. The van der Waals surface area contributed by atoms with Gasteiger partial charge in [0.1, 0.15) is 12.4 Å². The standard InChI is InChI=1S/C27H32FN5O6/c1-15-21(10-18-17-9-19(28)23(30-24(35)14-38-2)11-22(17)31-26(18)36)29-20-3-4-33(27(37)25(15)20)13-16(34)12-32-5-7-39-8-6-32/h9-11,16,29,34H,3-8,12-14H2,1-2H3,(H,30,35)(H,31,36)/t16-/m0/s1. The van der Waals surface area contributed by atoms with Gasteiger partial charge >= 0.3 is 0 Å². The number of hydrogen-bond donors (Lipinski definition) is 4. The molecule has 0 saturated carbocycles. The van der Waals surface area contributed by atoms with Gasteiger partial charge in [-0.25, -0.2) is 4.39 Å². The van der Waals surface area contributed by atoms with E-state index in [4.69, 9.17) is 9.47 Å². The van der Waals surface area contributed by atoms with Crippen LogP contribution in [0.4, 0.5) is 15.8 Å². The predicted molar refractivity (Wildman–Crippen MR) is 142 cm³/mol. The Bertz CT molecular complexity index is 1330. The Morgan fingerprint density at radius 3 is 2.77 bits per heavy atom. The van der Waals surface area contributed by atoms with E-state index in [1.807, 2.05) is 0 Å². The van der Waals surface area contributed by atoms with Crippen LogP contribution in [0, 0.1) is 12.7 Å². The Morgan fingerprint density at radius 2 is 2.03 bits per heavy atom. The number of rotatable bonds is 8. The molecular formula is C27H32FN5O6. The van der Waals surface area contributed by atoms with E-state index in [0.29, 0.717) is 60.8 Å². The molecule has 3 amide bonds. The minimum atomic E-state index is -0.690. The van der Waals surface area contributed by atoms with Crippen molar-refractivity contribution < 1.29 is 33.4 Å². The van der Waals surface area contributed by atoms with Gasteiger partial charge < -0.3 is 35.1 Å². The molecule has 4 heterocycles. The Hall–Kier alpha value is -3.58. The van der Waals surface area contributed by atoms with Gasteiger partial charge in [-0.3, -0.25) is 19.3 Å². The second kappa shape index (κ2) is 11.3. The molecule has 0 bridgehead atoms. The first kappa shape index (κ1) is 27.0. The molecule has 2 aromatic rings. The molecule has 3 aliphatic rings. The van der Waals surface area contributed by atoms with Crippen LogP contribution in [-0.2, 0) is 25.5 Å². The molecule has 5 rings (SSSR count). The highest BCUT2D eigenvalue weighted by molar-refractivity contribution is 6.35. The number of nitrogens with zero attached hydrogens (tertiary/aromatic N) is 2. The number of methoxy groups -OCH3 is 1. The molecule has 1 saturated heterocycles. The summed E-state index contributed by atoms with van der Waals surface area (Å²) in [7, 11) is 1.36. The lowest BCUT2D eigenvalue weighted by Gasteiger charge is -2.32. The van der Waals surface area contributed by atoms with Crippen molar-refractivity contribution in [2.45, 2.75) is 19.4 Å². The summed E-state index contributed by atoms with van der Waals surface area (Å²) >= 11 is 0. The zero-order chi connectivity index (χ0) is 27.7. The van der Waals surface area contributed by atoms with Crippen LogP contribution >= 0.6 is 0 Å². The average Bonchev–Trinajstić information content (AvgIpc) is 3.37. The number of carbonyl (C=O) groups is 3. The van der Waals surface area contributed by atoms with E-state index in [0.717, 1.165) is 18.8 Å². The zero-order valence-corrected chi connectivity index (χ0v) is 21.9. The van der Waals surface area contributed by atoms with Gasteiger partial charge in [0.25, 0.3) is 11.8 Å². The number of aromatic amines is 1. The van der Waals surface area contributed by atoms with E-state index in [1.165, 1.54) is 19.2 Å². The average molecular weight is 542 g/mol. The highest BCUT2D eigenvalue weighted by Gasteiger charge is 2.32. The quantitative estimate of drug-likeness (QED) is 0.369. The van der Waals surface area contributed by atoms with Crippen LogP contribution in [-0.4, -0.2) is 103 Å². The SMILES string of the molecule is COCC(=O)Nc1cc2c(cc1F)C(=Cc1[nH]c3c(c1C)C(=O)N(C[C@@H](O)CN1CCOCC1)CC3)C(=O)N2. The van der Waals surface area contributed by atoms with E-state index in [-0.39, 0.29) is 30.3 Å². The molecule has 0 unspecified atom stereocenters. The van der Waals surface area contributed by atoms with Gasteiger partial charge in [-0.2, -0.15) is 0 Å². The minimum absolute atomic E-state index is 0.0645. The van der Waals surface area contributed by atoms with Crippen molar-refractivity contribution in [3.8, 4) is 0 Å².